The maximum Gasteiger partial charge on any atom is 0.257 e. The van der Waals surface area contributed by atoms with E-state index in [2.05, 4.69) is 18.4 Å². The Hall–Kier alpha value is -2.47. The molecule has 0 spiro atoms. The number of hydrogen-bond donors (Lipinski definition) is 0. The van der Waals surface area contributed by atoms with E-state index in [0.717, 1.165) is 61.2 Å². The average Bonchev–Trinajstić information content (AvgIpc) is 3.04. The van der Waals surface area contributed by atoms with Crippen LogP contribution in [0.2, 0.25) is 5.02 Å². The van der Waals surface area contributed by atoms with Gasteiger partial charge in [0.1, 0.15) is 17.5 Å². The van der Waals surface area contributed by atoms with Crippen LogP contribution in [0.25, 0.3) is 11.0 Å². The molecule has 30 heavy (non-hydrogen) atoms. The fourth-order valence-electron chi connectivity index (χ4n) is 3.55. The van der Waals surface area contributed by atoms with Gasteiger partial charge >= 0.3 is 0 Å². The molecule has 0 fully saturated rings. The molecule has 0 saturated carbocycles. The molecule has 0 N–H and O–H groups in total. The molecule has 3 rings (SSSR count). The third-order valence-electron chi connectivity index (χ3n) is 5.05. The number of amides is 1. The Morgan fingerprint density at radius 2 is 1.90 bits per heavy atom. The second kappa shape index (κ2) is 10.0. The lowest BCUT2D eigenvalue weighted by Crippen LogP contribution is -2.33. The molecule has 3 aromatic rings. The molecule has 0 saturated heterocycles. The number of rotatable bonds is 9. The van der Waals surface area contributed by atoms with E-state index in [1.807, 2.05) is 12.1 Å². The minimum Gasteiger partial charge on any atom is -0.331 e. The van der Waals surface area contributed by atoms with Crippen LogP contribution < -0.4 is 0 Å². The molecule has 0 radical (unpaired) electrons. The lowest BCUT2D eigenvalue weighted by Gasteiger charge is -2.23. The molecule has 0 atom stereocenters. The molecule has 1 amide bonds. The first-order chi connectivity index (χ1) is 14.4. The lowest BCUT2D eigenvalue weighted by atomic mass is 10.1. The molecule has 0 bridgehead atoms. The zero-order chi connectivity index (χ0) is 21.7. The van der Waals surface area contributed by atoms with Crippen molar-refractivity contribution in [3.05, 3.63) is 64.4 Å². The normalized spacial score (nSPS) is 11.2. The number of nitrogens with zero attached hydrogens (tertiary/aromatic N) is 3. The molecular weight excluding hydrogens is 408 g/mol. The van der Waals surface area contributed by atoms with Crippen LogP contribution in [-0.4, -0.2) is 26.9 Å². The molecule has 7 heteroatoms. The van der Waals surface area contributed by atoms with E-state index < -0.39 is 17.5 Å². The summed E-state index contributed by atoms with van der Waals surface area (Å²) in [6.07, 6.45) is 3.64. The maximum atomic E-state index is 14.3. The summed E-state index contributed by atoms with van der Waals surface area (Å²) < 4.78 is 29.6. The second-order valence-corrected chi connectivity index (χ2v) is 7.81. The van der Waals surface area contributed by atoms with Gasteiger partial charge in [0.25, 0.3) is 5.91 Å². The maximum absolute atomic E-state index is 14.3. The number of aryl methyl sites for hydroxylation is 1. The number of benzene rings is 2. The van der Waals surface area contributed by atoms with Gasteiger partial charge in [-0.1, -0.05) is 38.3 Å². The summed E-state index contributed by atoms with van der Waals surface area (Å²) in [6.45, 7) is 5.59. The monoisotopic (exact) mass is 433 g/mol. The lowest BCUT2D eigenvalue weighted by molar-refractivity contribution is 0.0729. The van der Waals surface area contributed by atoms with E-state index >= 15 is 0 Å². The molecule has 2 aromatic carbocycles. The van der Waals surface area contributed by atoms with Crippen molar-refractivity contribution in [2.24, 2.45) is 0 Å². The Labute approximate surface area is 180 Å². The minimum absolute atomic E-state index is 0.130. The van der Waals surface area contributed by atoms with Gasteiger partial charge in [0.15, 0.2) is 0 Å². The Morgan fingerprint density at radius 1 is 1.10 bits per heavy atom. The summed E-state index contributed by atoms with van der Waals surface area (Å²) in [4.78, 5) is 19.4. The summed E-state index contributed by atoms with van der Waals surface area (Å²) in [5, 5.41) is 0.621. The van der Waals surface area contributed by atoms with Crippen molar-refractivity contribution >= 4 is 28.5 Å². The van der Waals surface area contributed by atoms with Gasteiger partial charge in [-0.3, -0.25) is 4.79 Å². The molecule has 1 aromatic heterocycles. The van der Waals surface area contributed by atoms with Crippen molar-refractivity contribution < 1.29 is 13.6 Å². The van der Waals surface area contributed by atoms with Crippen LogP contribution in [0, 0.1) is 11.6 Å². The first-order valence-electron chi connectivity index (χ1n) is 10.3. The van der Waals surface area contributed by atoms with Gasteiger partial charge in [-0.15, -0.1) is 0 Å². The predicted octanol–water partition coefficient (Wildman–Crippen LogP) is 6.21. The van der Waals surface area contributed by atoms with Crippen LogP contribution in [0.5, 0.6) is 0 Å². The quantitative estimate of drug-likeness (QED) is 0.376. The van der Waals surface area contributed by atoms with Gasteiger partial charge in [-0.05, 0) is 43.2 Å². The van der Waals surface area contributed by atoms with Gasteiger partial charge in [-0.25, -0.2) is 13.8 Å². The highest BCUT2D eigenvalue weighted by Crippen LogP contribution is 2.23. The van der Waals surface area contributed by atoms with E-state index in [1.165, 1.54) is 6.07 Å². The van der Waals surface area contributed by atoms with Gasteiger partial charge in [0.05, 0.1) is 23.1 Å². The molecule has 160 valence electrons. The van der Waals surface area contributed by atoms with Crippen LogP contribution in [0.15, 0.2) is 36.4 Å². The van der Waals surface area contributed by atoms with E-state index in [0.29, 0.717) is 11.6 Å². The fraction of sp³-hybridized carbons (Fsp3) is 0.391. The zero-order valence-corrected chi connectivity index (χ0v) is 18.1. The summed E-state index contributed by atoms with van der Waals surface area (Å²) in [5.74, 6) is -1.30. The number of carbonyl (C=O) groups is 1. The van der Waals surface area contributed by atoms with E-state index in [4.69, 9.17) is 16.6 Å². The second-order valence-electron chi connectivity index (χ2n) is 7.37. The zero-order valence-electron chi connectivity index (χ0n) is 17.3. The number of fused-ring (bicyclic) bond motifs is 1. The Kier molecular flexibility index (Phi) is 7.43. The standard InChI is InChI=1S/C23H26ClF2N3O/c1-3-5-6-12-28(23(30)18-9-8-17(25)14-19(18)26)15-22-27-20-10-7-16(24)13-21(20)29(22)11-4-2/h7-10,13-14H,3-6,11-12,15H2,1-2H3. The molecule has 1 heterocycles. The van der Waals surface area contributed by atoms with Gasteiger partial charge in [0, 0.05) is 24.2 Å². The third kappa shape index (κ3) is 4.98. The van der Waals surface area contributed by atoms with Gasteiger partial charge < -0.3 is 9.47 Å². The van der Waals surface area contributed by atoms with Crippen LogP contribution in [0.3, 0.4) is 0 Å². The van der Waals surface area contributed by atoms with Crippen molar-refractivity contribution in [1.82, 2.24) is 14.5 Å². The number of hydrogen-bond acceptors (Lipinski definition) is 2. The SMILES string of the molecule is CCCCCN(Cc1nc2ccc(Cl)cc2n1CCC)C(=O)c1ccc(F)cc1F. The summed E-state index contributed by atoms with van der Waals surface area (Å²) in [5.41, 5.74) is 1.58. The van der Waals surface area contributed by atoms with E-state index in [1.54, 1.807) is 11.0 Å². The highest BCUT2D eigenvalue weighted by Gasteiger charge is 2.22. The minimum atomic E-state index is -0.852. The van der Waals surface area contributed by atoms with Crippen LogP contribution in [0.1, 0.15) is 55.7 Å². The molecule has 0 aliphatic heterocycles. The topological polar surface area (TPSA) is 38.1 Å². The molecule has 4 nitrogen and oxygen atoms in total. The van der Waals surface area contributed by atoms with Crippen molar-refractivity contribution in [2.75, 3.05) is 6.54 Å². The number of aromatic nitrogens is 2. The molecule has 0 aliphatic carbocycles. The molecular formula is C23H26ClF2N3O. The van der Waals surface area contributed by atoms with Crippen molar-refractivity contribution in [3.63, 3.8) is 0 Å². The first-order valence-corrected chi connectivity index (χ1v) is 10.7. The smallest absolute Gasteiger partial charge is 0.257 e. The van der Waals surface area contributed by atoms with Crippen molar-refractivity contribution in [2.45, 2.75) is 52.6 Å². The van der Waals surface area contributed by atoms with Crippen LogP contribution in [-0.2, 0) is 13.1 Å². The summed E-state index contributed by atoms with van der Waals surface area (Å²) >= 11 is 6.17. The number of unbranched alkanes of at least 4 members (excludes halogenated alkanes) is 2. The van der Waals surface area contributed by atoms with Crippen molar-refractivity contribution in [3.8, 4) is 0 Å². The van der Waals surface area contributed by atoms with Gasteiger partial charge in [0.2, 0.25) is 0 Å². The largest absolute Gasteiger partial charge is 0.331 e. The third-order valence-corrected chi connectivity index (χ3v) is 5.28. The van der Waals surface area contributed by atoms with Crippen LogP contribution in [0.4, 0.5) is 8.78 Å². The number of halogens is 3. The summed E-state index contributed by atoms with van der Waals surface area (Å²) in [6, 6.07) is 8.56. The Bertz CT molecular complexity index is 1030. The van der Waals surface area contributed by atoms with Crippen LogP contribution >= 0.6 is 11.6 Å². The summed E-state index contributed by atoms with van der Waals surface area (Å²) in [7, 11) is 0. The highest BCUT2D eigenvalue weighted by atomic mass is 35.5. The number of carbonyl (C=O) groups excluding carboxylic acids is 1. The predicted molar refractivity (Wildman–Crippen MR) is 116 cm³/mol. The first kappa shape index (κ1) is 22.2. The van der Waals surface area contributed by atoms with E-state index in [9.17, 15) is 13.6 Å². The number of imidazole rings is 1. The Morgan fingerprint density at radius 3 is 2.60 bits per heavy atom. The highest BCUT2D eigenvalue weighted by molar-refractivity contribution is 6.31. The fourth-order valence-corrected chi connectivity index (χ4v) is 3.71. The average molecular weight is 434 g/mol. The Balaban J connectivity index is 1.96. The van der Waals surface area contributed by atoms with Crippen molar-refractivity contribution in [1.29, 1.82) is 0 Å². The molecule has 0 aliphatic rings. The van der Waals surface area contributed by atoms with Gasteiger partial charge in [-0.2, -0.15) is 0 Å². The molecule has 0 unspecified atom stereocenters. The van der Waals surface area contributed by atoms with E-state index in [-0.39, 0.29) is 12.1 Å².